The molecule has 1 saturated carbocycles. The van der Waals surface area contributed by atoms with Crippen molar-refractivity contribution in [1.29, 1.82) is 0 Å². The summed E-state index contributed by atoms with van der Waals surface area (Å²) >= 11 is 0. The fourth-order valence-electron chi connectivity index (χ4n) is 1.79. The quantitative estimate of drug-likeness (QED) is 0.483. The summed E-state index contributed by atoms with van der Waals surface area (Å²) < 4.78 is 0. The first kappa shape index (κ1) is 7.98. The second-order valence-corrected chi connectivity index (χ2v) is 3.26. The zero-order chi connectivity index (χ0) is 7.61. The lowest BCUT2D eigenvalue weighted by molar-refractivity contribution is 0.332. The van der Waals surface area contributed by atoms with Crippen LogP contribution in [-0.4, -0.2) is 18.6 Å². The van der Waals surface area contributed by atoms with Gasteiger partial charge in [0.25, 0.3) is 0 Å². The highest BCUT2D eigenvalue weighted by molar-refractivity contribution is 4.97. The lowest BCUT2D eigenvalue weighted by atomic mass is 9.88. The van der Waals surface area contributed by atoms with E-state index in [1.807, 2.05) is 0 Å². The molecule has 3 nitrogen and oxygen atoms in total. The maximum atomic E-state index is 6.01. The Hall–Kier alpha value is -0.120. The largest absolute Gasteiger partial charge is 0.330 e. The molecule has 0 aliphatic heterocycles. The lowest BCUT2D eigenvalue weighted by Gasteiger charge is -2.28. The van der Waals surface area contributed by atoms with E-state index in [4.69, 9.17) is 17.2 Å². The molecule has 0 bridgehead atoms. The Morgan fingerprint density at radius 1 is 1.40 bits per heavy atom. The monoisotopic (exact) mass is 143 g/mol. The second kappa shape index (κ2) is 2.86. The minimum Gasteiger partial charge on any atom is -0.330 e. The van der Waals surface area contributed by atoms with Crippen LogP contribution in [0.15, 0.2) is 0 Å². The van der Waals surface area contributed by atoms with Gasteiger partial charge in [-0.1, -0.05) is 6.42 Å². The van der Waals surface area contributed by atoms with Crippen LogP contribution < -0.4 is 17.2 Å². The average molecular weight is 143 g/mol. The van der Waals surface area contributed by atoms with Crippen molar-refractivity contribution in [2.24, 2.45) is 23.1 Å². The lowest BCUT2D eigenvalue weighted by Crippen LogP contribution is -2.52. The van der Waals surface area contributed by atoms with Crippen molar-refractivity contribution in [3.8, 4) is 0 Å². The Labute approximate surface area is 61.9 Å². The van der Waals surface area contributed by atoms with E-state index in [-0.39, 0.29) is 5.54 Å². The summed E-state index contributed by atoms with van der Waals surface area (Å²) in [7, 11) is 0. The molecule has 2 unspecified atom stereocenters. The molecule has 0 aromatic carbocycles. The first-order valence-corrected chi connectivity index (χ1v) is 3.92. The van der Waals surface area contributed by atoms with E-state index in [1.165, 1.54) is 6.42 Å². The normalized spacial score (nSPS) is 40.5. The summed E-state index contributed by atoms with van der Waals surface area (Å²) in [5, 5.41) is 0. The minimum atomic E-state index is -0.144. The molecule has 0 heterocycles. The fourth-order valence-corrected chi connectivity index (χ4v) is 1.79. The first-order chi connectivity index (χ1) is 4.73. The molecule has 0 saturated heterocycles. The molecule has 1 aliphatic carbocycles. The van der Waals surface area contributed by atoms with Crippen LogP contribution in [0.3, 0.4) is 0 Å². The molecule has 1 aliphatic rings. The van der Waals surface area contributed by atoms with E-state index in [0.717, 1.165) is 12.8 Å². The molecular weight excluding hydrogens is 126 g/mol. The van der Waals surface area contributed by atoms with Gasteiger partial charge in [-0.15, -0.1) is 0 Å². The first-order valence-electron chi connectivity index (χ1n) is 3.92. The van der Waals surface area contributed by atoms with Gasteiger partial charge in [-0.3, -0.25) is 0 Å². The van der Waals surface area contributed by atoms with Crippen molar-refractivity contribution in [3.63, 3.8) is 0 Å². The van der Waals surface area contributed by atoms with Crippen molar-refractivity contribution in [2.45, 2.75) is 24.8 Å². The van der Waals surface area contributed by atoms with E-state index in [9.17, 15) is 0 Å². The van der Waals surface area contributed by atoms with Gasteiger partial charge < -0.3 is 17.2 Å². The molecular formula is C7H17N3. The van der Waals surface area contributed by atoms with Crippen LogP contribution in [0.2, 0.25) is 0 Å². The summed E-state index contributed by atoms with van der Waals surface area (Å²) in [6.45, 7) is 1.27. The Balaban J connectivity index is 2.56. The molecule has 0 radical (unpaired) electrons. The van der Waals surface area contributed by atoms with Gasteiger partial charge >= 0.3 is 0 Å². The van der Waals surface area contributed by atoms with E-state index < -0.39 is 0 Å². The van der Waals surface area contributed by atoms with Gasteiger partial charge in [-0.2, -0.15) is 0 Å². The third-order valence-corrected chi connectivity index (χ3v) is 2.67. The Morgan fingerprint density at radius 2 is 2.10 bits per heavy atom. The van der Waals surface area contributed by atoms with Crippen LogP contribution in [0, 0.1) is 5.92 Å². The van der Waals surface area contributed by atoms with Crippen LogP contribution in [-0.2, 0) is 0 Å². The molecule has 1 rings (SSSR count). The Kier molecular flexibility index (Phi) is 2.28. The Morgan fingerprint density at radius 3 is 2.50 bits per heavy atom. The average Bonchev–Trinajstić information content (AvgIpc) is 2.32. The van der Waals surface area contributed by atoms with Crippen LogP contribution in [0.1, 0.15) is 19.3 Å². The van der Waals surface area contributed by atoms with Gasteiger partial charge in [0, 0.05) is 12.1 Å². The number of hydrogen-bond acceptors (Lipinski definition) is 3. The van der Waals surface area contributed by atoms with Crippen LogP contribution in [0.5, 0.6) is 0 Å². The van der Waals surface area contributed by atoms with Gasteiger partial charge in [-0.25, -0.2) is 0 Å². The van der Waals surface area contributed by atoms with Crippen LogP contribution >= 0.6 is 0 Å². The molecule has 1 fully saturated rings. The summed E-state index contributed by atoms with van der Waals surface area (Å²) in [5.74, 6) is 0.456. The van der Waals surface area contributed by atoms with Gasteiger partial charge in [0.15, 0.2) is 0 Å². The van der Waals surface area contributed by atoms with E-state index in [1.54, 1.807) is 0 Å². The standard InChI is InChI=1S/C7H17N3/c8-4-6-2-1-3-7(6,10)5-9/h6H,1-5,8-10H2. The molecule has 2 atom stereocenters. The fraction of sp³-hybridized carbons (Fsp3) is 1.00. The zero-order valence-electron chi connectivity index (χ0n) is 6.34. The summed E-state index contributed by atoms with van der Waals surface area (Å²) in [6.07, 6.45) is 3.39. The SMILES string of the molecule is NCC1CCCC1(N)CN. The third-order valence-electron chi connectivity index (χ3n) is 2.67. The van der Waals surface area contributed by atoms with Crippen molar-refractivity contribution in [2.75, 3.05) is 13.1 Å². The highest BCUT2D eigenvalue weighted by Gasteiger charge is 2.36. The molecule has 0 spiro atoms. The second-order valence-electron chi connectivity index (χ2n) is 3.26. The van der Waals surface area contributed by atoms with Gasteiger partial charge in [0.05, 0.1) is 0 Å². The van der Waals surface area contributed by atoms with Crippen LogP contribution in [0.4, 0.5) is 0 Å². The molecule has 10 heavy (non-hydrogen) atoms. The van der Waals surface area contributed by atoms with Gasteiger partial charge in [0.1, 0.15) is 0 Å². The van der Waals surface area contributed by atoms with Crippen LogP contribution in [0.25, 0.3) is 0 Å². The van der Waals surface area contributed by atoms with Gasteiger partial charge in [0.2, 0.25) is 0 Å². The maximum absolute atomic E-state index is 6.01. The van der Waals surface area contributed by atoms with Crippen molar-refractivity contribution >= 4 is 0 Å². The highest BCUT2D eigenvalue weighted by Crippen LogP contribution is 2.31. The van der Waals surface area contributed by atoms with Crippen molar-refractivity contribution < 1.29 is 0 Å². The smallest absolute Gasteiger partial charge is 0.0319 e. The number of rotatable bonds is 2. The van der Waals surface area contributed by atoms with Gasteiger partial charge in [-0.05, 0) is 25.3 Å². The van der Waals surface area contributed by atoms with Crippen molar-refractivity contribution in [1.82, 2.24) is 0 Å². The topological polar surface area (TPSA) is 78.1 Å². The molecule has 0 aromatic heterocycles. The molecule has 0 aromatic rings. The summed E-state index contributed by atoms with van der Waals surface area (Å²) in [4.78, 5) is 0. The molecule has 0 amide bonds. The molecule has 3 heteroatoms. The zero-order valence-corrected chi connectivity index (χ0v) is 6.34. The molecule has 60 valence electrons. The number of nitrogens with two attached hydrogens (primary N) is 3. The summed E-state index contributed by atoms with van der Waals surface area (Å²) in [6, 6.07) is 0. The Bertz CT molecular complexity index is 115. The van der Waals surface area contributed by atoms with Crippen molar-refractivity contribution in [3.05, 3.63) is 0 Å². The number of hydrogen-bond donors (Lipinski definition) is 3. The predicted molar refractivity (Wildman–Crippen MR) is 42.4 cm³/mol. The third kappa shape index (κ3) is 1.17. The van der Waals surface area contributed by atoms with E-state index in [2.05, 4.69) is 0 Å². The predicted octanol–water partition coefficient (Wildman–Crippen LogP) is -0.599. The minimum absolute atomic E-state index is 0.144. The van der Waals surface area contributed by atoms with E-state index >= 15 is 0 Å². The maximum Gasteiger partial charge on any atom is 0.0319 e. The molecule has 6 N–H and O–H groups in total. The summed E-state index contributed by atoms with van der Waals surface area (Å²) in [5.41, 5.74) is 17.0. The van der Waals surface area contributed by atoms with E-state index in [0.29, 0.717) is 19.0 Å². The highest BCUT2D eigenvalue weighted by atomic mass is 14.8.